The Morgan fingerprint density at radius 3 is 3.00 bits per heavy atom. The molecule has 1 atom stereocenters. The predicted molar refractivity (Wildman–Crippen MR) is 59.9 cm³/mol. The third-order valence-electron chi connectivity index (χ3n) is 3.17. The first-order valence-electron chi connectivity index (χ1n) is 5.45. The van der Waals surface area contributed by atoms with Crippen molar-refractivity contribution in [1.29, 1.82) is 0 Å². The molecule has 1 saturated heterocycles. The van der Waals surface area contributed by atoms with Gasteiger partial charge in [0.15, 0.2) is 5.82 Å². The van der Waals surface area contributed by atoms with E-state index in [0.29, 0.717) is 18.2 Å². The largest absolute Gasteiger partial charge is 0.396 e. The van der Waals surface area contributed by atoms with E-state index in [1.54, 1.807) is 6.07 Å². The van der Waals surface area contributed by atoms with Gasteiger partial charge in [-0.2, -0.15) is 0 Å². The second kappa shape index (κ2) is 4.19. The average molecular weight is 208 g/mol. The highest BCUT2D eigenvalue weighted by molar-refractivity contribution is 5.42. The molecule has 1 aromatic carbocycles. The maximum atomic E-state index is 13.6. The molecule has 0 aliphatic carbocycles. The van der Waals surface area contributed by atoms with Crippen LogP contribution in [0, 0.1) is 5.82 Å². The summed E-state index contributed by atoms with van der Waals surface area (Å²) in [6, 6.07) is 5.79. The molecule has 0 amide bonds. The lowest BCUT2D eigenvalue weighted by Gasteiger charge is -2.21. The van der Waals surface area contributed by atoms with Gasteiger partial charge < -0.3 is 5.73 Å². The van der Waals surface area contributed by atoms with Crippen LogP contribution in [-0.2, 0) is 6.54 Å². The molecule has 2 N–H and O–H groups in total. The van der Waals surface area contributed by atoms with Crippen molar-refractivity contribution in [1.82, 2.24) is 4.90 Å². The number of halogens is 1. The smallest absolute Gasteiger partial charge is 0.150 e. The molecule has 1 heterocycles. The quantitative estimate of drug-likeness (QED) is 0.756. The van der Waals surface area contributed by atoms with E-state index in [1.165, 1.54) is 12.8 Å². The van der Waals surface area contributed by atoms with Crippen molar-refractivity contribution in [2.45, 2.75) is 32.4 Å². The van der Waals surface area contributed by atoms with E-state index in [9.17, 15) is 4.39 Å². The maximum absolute atomic E-state index is 13.6. The van der Waals surface area contributed by atoms with Gasteiger partial charge >= 0.3 is 0 Å². The van der Waals surface area contributed by atoms with Crippen molar-refractivity contribution in [2.24, 2.45) is 0 Å². The molecule has 82 valence electrons. The van der Waals surface area contributed by atoms with E-state index >= 15 is 0 Å². The number of anilines is 1. The van der Waals surface area contributed by atoms with Crippen LogP contribution in [0.5, 0.6) is 0 Å². The molecule has 0 bridgehead atoms. The van der Waals surface area contributed by atoms with Gasteiger partial charge in [-0.15, -0.1) is 0 Å². The fourth-order valence-corrected chi connectivity index (χ4v) is 2.17. The molecule has 1 fully saturated rings. The third kappa shape index (κ3) is 2.12. The number of rotatable bonds is 2. The molecule has 2 nitrogen and oxygen atoms in total. The minimum Gasteiger partial charge on any atom is -0.396 e. The molecule has 0 radical (unpaired) electrons. The Balaban J connectivity index is 2.13. The molecule has 15 heavy (non-hydrogen) atoms. The Bertz CT molecular complexity index is 351. The zero-order valence-corrected chi connectivity index (χ0v) is 9.04. The van der Waals surface area contributed by atoms with E-state index in [-0.39, 0.29) is 11.5 Å². The molecule has 2 rings (SSSR count). The van der Waals surface area contributed by atoms with Crippen LogP contribution in [-0.4, -0.2) is 17.5 Å². The average Bonchev–Trinajstić information content (AvgIpc) is 2.60. The zero-order valence-electron chi connectivity index (χ0n) is 9.04. The Morgan fingerprint density at radius 2 is 2.33 bits per heavy atom. The molecule has 0 saturated carbocycles. The monoisotopic (exact) mass is 208 g/mol. The van der Waals surface area contributed by atoms with Gasteiger partial charge in [-0.3, -0.25) is 4.90 Å². The van der Waals surface area contributed by atoms with Crippen molar-refractivity contribution in [2.75, 3.05) is 12.3 Å². The van der Waals surface area contributed by atoms with Gasteiger partial charge in [0.25, 0.3) is 0 Å². The van der Waals surface area contributed by atoms with E-state index < -0.39 is 0 Å². The van der Waals surface area contributed by atoms with Gasteiger partial charge in [0, 0.05) is 18.2 Å². The highest BCUT2D eigenvalue weighted by Gasteiger charge is 2.21. The SMILES string of the molecule is CC1CCCN1Cc1cccc(N)c1F. The zero-order chi connectivity index (χ0) is 10.8. The highest BCUT2D eigenvalue weighted by Crippen LogP contribution is 2.22. The summed E-state index contributed by atoms with van der Waals surface area (Å²) in [5, 5.41) is 0. The fraction of sp³-hybridized carbons (Fsp3) is 0.500. The summed E-state index contributed by atoms with van der Waals surface area (Å²) in [6.45, 7) is 3.94. The first kappa shape index (κ1) is 10.4. The molecule has 1 unspecified atom stereocenters. The number of nitrogens with zero attached hydrogens (tertiary/aromatic N) is 1. The van der Waals surface area contributed by atoms with Gasteiger partial charge in [-0.1, -0.05) is 12.1 Å². The Kier molecular flexibility index (Phi) is 2.91. The summed E-state index contributed by atoms with van der Waals surface area (Å²) in [7, 11) is 0. The Morgan fingerprint density at radius 1 is 1.53 bits per heavy atom. The van der Waals surface area contributed by atoms with Crippen LogP contribution >= 0.6 is 0 Å². The third-order valence-corrected chi connectivity index (χ3v) is 3.17. The second-order valence-corrected chi connectivity index (χ2v) is 4.28. The fourth-order valence-electron chi connectivity index (χ4n) is 2.17. The van der Waals surface area contributed by atoms with Crippen molar-refractivity contribution in [3.8, 4) is 0 Å². The molecule has 1 aliphatic heterocycles. The van der Waals surface area contributed by atoms with Crippen LogP contribution in [0.25, 0.3) is 0 Å². The minimum atomic E-state index is -0.253. The van der Waals surface area contributed by atoms with Crippen molar-refractivity contribution in [3.63, 3.8) is 0 Å². The van der Waals surface area contributed by atoms with Gasteiger partial charge in [-0.05, 0) is 32.4 Å². The predicted octanol–water partition coefficient (Wildman–Crippen LogP) is 2.39. The van der Waals surface area contributed by atoms with Gasteiger partial charge in [0.05, 0.1) is 5.69 Å². The minimum absolute atomic E-state index is 0.249. The van der Waals surface area contributed by atoms with Crippen molar-refractivity contribution < 1.29 is 4.39 Å². The van der Waals surface area contributed by atoms with Crippen LogP contribution < -0.4 is 5.73 Å². The number of hydrogen-bond donors (Lipinski definition) is 1. The van der Waals surface area contributed by atoms with Crippen LogP contribution in [0.1, 0.15) is 25.3 Å². The van der Waals surface area contributed by atoms with Crippen LogP contribution in [0.4, 0.5) is 10.1 Å². The molecular weight excluding hydrogens is 191 g/mol. The van der Waals surface area contributed by atoms with Gasteiger partial charge in [-0.25, -0.2) is 4.39 Å². The molecule has 0 aromatic heterocycles. The topological polar surface area (TPSA) is 29.3 Å². The van der Waals surface area contributed by atoms with Crippen LogP contribution in [0.3, 0.4) is 0 Å². The standard InChI is InChI=1S/C12H17FN2/c1-9-4-3-7-15(9)8-10-5-2-6-11(14)12(10)13/h2,5-6,9H,3-4,7-8,14H2,1H3. The molecule has 1 aliphatic rings. The number of benzene rings is 1. The van der Waals surface area contributed by atoms with Crippen LogP contribution in [0.15, 0.2) is 18.2 Å². The van der Waals surface area contributed by atoms with Crippen LogP contribution in [0.2, 0.25) is 0 Å². The maximum Gasteiger partial charge on any atom is 0.150 e. The van der Waals surface area contributed by atoms with E-state index in [2.05, 4.69) is 11.8 Å². The summed E-state index contributed by atoms with van der Waals surface area (Å²) < 4.78 is 13.6. The summed E-state index contributed by atoms with van der Waals surface area (Å²) in [6.07, 6.45) is 2.43. The number of nitrogen functional groups attached to an aromatic ring is 1. The molecule has 1 aromatic rings. The number of hydrogen-bond acceptors (Lipinski definition) is 2. The Hall–Kier alpha value is -1.09. The van der Waals surface area contributed by atoms with Gasteiger partial charge in [0.1, 0.15) is 0 Å². The first-order valence-corrected chi connectivity index (χ1v) is 5.45. The summed E-state index contributed by atoms with van der Waals surface area (Å²) in [5.74, 6) is -0.253. The van der Waals surface area contributed by atoms with Crippen molar-refractivity contribution >= 4 is 5.69 Å². The Labute approximate surface area is 89.9 Å². The summed E-state index contributed by atoms with van der Waals surface area (Å²) >= 11 is 0. The normalized spacial score (nSPS) is 22.1. The second-order valence-electron chi connectivity index (χ2n) is 4.28. The molecular formula is C12H17FN2. The van der Waals surface area contributed by atoms with E-state index in [1.807, 2.05) is 12.1 Å². The van der Waals surface area contributed by atoms with Gasteiger partial charge in [0.2, 0.25) is 0 Å². The summed E-state index contributed by atoms with van der Waals surface area (Å²) in [5.41, 5.74) is 6.50. The molecule has 0 spiro atoms. The van der Waals surface area contributed by atoms with E-state index in [4.69, 9.17) is 5.73 Å². The lowest BCUT2D eigenvalue weighted by atomic mass is 10.1. The first-order chi connectivity index (χ1) is 7.18. The highest BCUT2D eigenvalue weighted by atomic mass is 19.1. The summed E-state index contributed by atoms with van der Waals surface area (Å²) in [4.78, 5) is 2.30. The van der Waals surface area contributed by atoms with E-state index in [0.717, 1.165) is 6.54 Å². The lowest BCUT2D eigenvalue weighted by Crippen LogP contribution is -2.26. The lowest BCUT2D eigenvalue weighted by molar-refractivity contribution is 0.257. The molecule has 3 heteroatoms. The number of nitrogens with two attached hydrogens (primary N) is 1. The van der Waals surface area contributed by atoms with Crippen molar-refractivity contribution in [3.05, 3.63) is 29.6 Å². The number of likely N-dealkylation sites (tertiary alicyclic amines) is 1.